The van der Waals surface area contributed by atoms with Gasteiger partial charge in [0.2, 0.25) is 0 Å². The first-order chi connectivity index (χ1) is 9.25. The molecule has 1 aliphatic rings. The fourth-order valence-corrected chi connectivity index (χ4v) is 3.39. The summed E-state index contributed by atoms with van der Waals surface area (Å²) in [5.74, 6) is 0.707. The molecule has 0 atom stereocenters. The number of piperidine rings is 1. The van der Waals surface area contributed by atoms with Crippen molar-refractivity contribution in [1.82, 2.24) is 14.5 Å². The van der Waals surface area contributed by atoms with E-state index in [1.54, 1.807) is 0 Å². The molecule has 0 N–H and O–H groups in total. The molecule has 0 spiro atoms. The minimum Gasteiger partial charge on any atom is -0.338 e. The molecule has 19 heavy (non-hydrogen) atoms. The highest BCUT2D eigenvalue weighted by Crippen LogP contribution is 2.28. The fraction of sp³-hybridized carbons (Fsp3) is 0.429. The van der Waals surface area contributed by atoms with Gasteiger partial charge in [0.25, 0.3) is 5.91 Å². The molecule has 0 unspecified atom stereocenters. The zero-order valence-electron chi connectivity index (χ0n) is 11.0. The SMILES string of the molecule is Cn1cncc1C1CCN(C(=O)c2cccs2)CC1. The van der Waals surface area contributed by atoms with Crippen LogP contribution in [-0.4, -0.2) is 33.4 Å². The lowest BCUT2D eigenvalue weighted by molar-refractivity contribution is 0.0716. The lowest BCUT2D eigenvalue weighted by atomic mass is 9.93. The third-order valence-corrected chi connectivity index (χ3v) is 4.64. The second kappa shape index (κ2) is 5.17. The molecule has 2 aromatic heterocycles. The van der Waals surface area contributed by atoms with Gasteiger partial charge in [-0.05, 0) is 24.3 Å². The van der Waals surface area contributed by atoms with E-state index in [0.717, 1.165) is 30.8 Å². The number of nitrogens with zero attached hydrogens (tertiary/aromatic N) is 3. The summed E-state index contributed by atoms with van der Waals surface area (Å²) in [6.07, 6.45) is 5.84. The van der Waals surface area contributed by atoms with Crippen LogP contribution in [0.25, 0.3) is 0 Å². The predicted octanol–water partition coefficient (Wildman–Crippen LogP) is 2.50. The van der Waals surface area contributed by atoms with E-state index in [-0.39, 0.29) is 5.91 Å². The summed E-state index contributed by atoms with van der Waals surface area (Å²) < 4.78 is 2.08. The molecule has 1 saturated heterocycles. The van der Waals surface area contributed by atoms with E-state index >= 15 is 0 Å². The van der Waals surface area contributed by atoms with Crippen LogP contribution < -0.4 is 0 Å². The van der Waals surface area contributed by atoms with E-state index in [2.05, 4.69) is 9.55 Å². The van der Waals surface area contributed by atoms with Crippen molar-refractivity contribution in [3.8, 4) is 0 Å². The minimum absolute atomic E-state index is 0.179. The van der Waals surface area contributed by atoms with Crippen molar-refractivity contribution in [2.24, 2.45) is 7.05 Å². The maximum atomic E-state index is 12.2. The highest BCUT2D eigenvalue weighted by atomic mass is 32.1. The molecule has 0 bridgehead atoms. The molecule has 100 valence electrons. The number of rotatable bonds is 2. The van der Waals surface area contributed by atoms with Crippen LogP contribution in [0.4, 0.5) is 0 Å². The molecule has 4 nitrogen and oxygen atoms in total. The van der Waals surface area contributed by atoms with Crippen LogP contribution in [0.1, 0.15) is 34.1 Å². The Morgan fingerprint density at radius 3 is 2.79 bits per heavy atom. The molecule has 0 aromatic carbocycles. The number of hydrogen-bond acceptors (Lipinski definition) is 3. The number of aryl methyl sites for hydroxylation is 1. The van der Waals surface area contributed by atoms with E-state index in [1.807, 2.05) is 42.0 Å². The van der Waals surface area contributed by atoms with E-state index < -0.39 is 0 Å². The normalized spacial score (nSPS) is 16.8. The van der Waals surface area contributed by atoms with Gasteiger partial charge in [-0.25, -0.2) is 4.98 Å². The number of amides is 1. The van der Waals surface area contributed by atoms with E-state index in [4.69, 9.17) is 0 Å². The summed E-state index contributed by atoms with van der Waals surface area (Å²) in [7, 11) is 2.03. The second-order valence-corrected chi connectivity index (χ2v) is 5.92. The van der Waals surface area contributed by atoms with Crippen LogP contribution in [-0.2, 0) is 7.05 Å². The van der Waals surface area contributed by atoms with Gasteiger partial charge in [0.1, 0.15) is 0 Å². The summed E-state index contributed by atoms with van der Waals surface area (Å²) in [6, 6.07) is 3.83. The number of thiophene rings is 1. The van der Waals surface area contributed by atoms with Crippen molar-refractivity contribution in [3.63, 3.8) is 0 Å². The zero-order chi connectivity index (χ0) is 13.2. The van der Waals surface area contributed by atoms with Crippen LogP contribution in [0.15, 0.2) is 30.0 Å². The molecule has 3 rings (SSSR count). The van der Waals surface area contributed by atoms with Gasteiger partial charge in [-0.15, -0.1) is 11.3 Å². The second-order valence-electron chi connectivity index (χ2n) is 4.97. The van der Waals surface area contributed by atoms with Crippen LogP contribution >= 0.6 is 11.3 Å². The number of carbonyl (C=O) groups is 1. The smallest absolute Gasteiger partial charge is 0.263 e. The highest BCUT2D eigenvalue weighted by molar-refractivity contribution is 7.12. The Morgan fingerprint density at radius 1 is 1.42 bits per heavy atom. The van der Waals surface area contributed by atoms with E-state index in [9.17, 15) is 4.79 Å². The van der Waals surface area contributed by atoms with Crippen molar-refractivity contribution < 1.29 is 4.79 Å². The predicted molar refractivity (Wildman–Crippen MR) is 75.4 cm³/mol. The lowest BCUT2D eigenvalue weighted by Crippen LogP contribution is -2.37. The third kappa shape index (κ3) is 2.42. The Kier molecular flexibility index (Phi) is 3.38. The average Bonchev–Trinajstić information content (AvgIpc) is 3.09. The van der Waals surface area contributed by atoms with Crippen LogP contribution in [0.2, 0.25) is 0 Å². The van der Waals surface area contributed by atoms with Gasteiger partial charge >= 0.3 is 0 Å². The molecule has 0 aliphatic carbocycles. The Bertz CT molecular complexity index is 553. The lowest BCUT2D eigenvalue weighted by Gasteiger charge is -2.31. The van der Waals surface area contributed by atoms with Crippen molar-refractivity contribution in [3.05, 3.63) is 40.6 Å². The van der Waals surface area contributed by atoms with Crippen molar-refractivity contribution >= 4 is 17.2 Å². The van der Waals surface area contributed by atoms with Gasteiger partial charge in [-0.3, -0.25) is 4.79 Å². The number of carbonyl (C=O) groups excluding carboxylic acids is 1. The molecule has 5 heteroatoms. The maximum absolute atomic E-state index is 12.2. The van der Waals surface area contributed by atoms with E-state index in [1.165, 1.54) is 17.0 Å². The fourth-order valence-electron chi connectivity index (χ4n) is 2.70. The van der Waals surface area contributed by atoms with Gasteiger partial charge in [0.05, 0.1) is 11.2 Å². The molecular weight excluding hydrogens is 258 g/mol. The summed E-state index contributed by atoms with van der Waals surface area (Å²) >= 11 is 1.52. The first kappa shape index (κ1) is 12.4. The topological polar surface area (TPSA) is 38.1 Å². The van der Waals surface area contributed by atoms with Crippen molar-refractivity contribution in [2.45, 2.75) is 18.8 Å². The number of imidazole rings is 1. The largest absolute Gasteiger partial charge is 0.338 e. The molecule has 0 saturated carbocycles. The zero-order valence-corrected chi connectivity index (χ0v) is 11.8. The molecule has 3 heterocycles. The summed E-state index contributed by atoms with van der Waals surface area (Å²) in [5.41, 5.74) is 1.28. The standard InChI is InChI=1S/C14H17N3OS/c1-16-10-15-9-12(16)11-4-6-17(7-5-11)14(18)13-3-2-8-19-13/h2-3,8-11H,4-7H2,1H3. The summed E-state index contributed by atoms with van der Waals surface area (Å²) in [5, 5.41) is 1.95. The van der Waals surface area contributed by atoms with Crippen LogP contribution in [0, 0.1) is 0 Å². The highest BCUT2D eigenvalue weighted by Gasteiger charge is 2.26. The molecule has 2 aromatic rings. The Balaban J connectivity index is 1.64. The van der Waals surface area contributed by atoms with Gasteiger partial charge in [0.15, 0.2) is 0 Å². The Morgan fingerprint density at radius 2 is 2.21 bits per heavy atom. The molecule has 1 aliphatic heterocycles. The quantitative estimate of drug-likeness (QED) is 0.844. The molecular formula is C14H17N3OS. The van der Waals surface area contributed by atoms with Crippen LogP contribution in [0.3, 0.4) is 0 Å². The number of likely N-dealkylation sites (tertiary alicyclic amines) is 1. The van der Waals surface area contributed by atoms with Crippen molar-refractivity contribution in [1.29, 1.82) is 0 Å². The molecule has 1 fully saturated rings. The Hall–Kier alpha value is -1.62. The Labute approximate surface area is 116 Å². The first-order valence-corrected chi connectivity index (χ1v) is 7.42. The molecule has 1 amide bonds. The van der Waals surface area contributed by atoms with Crippen LogP contribution in [0.5, 0.6) is 0 Å². The summed E-state index contributed by atoms with van der Waals surface area (Å²) in [6.45, 7) is 1.68. The van der Waals surface area contributed by atoms with Gasteiger partial charge in [-0.2, -0.15) is 0 Å². The number of aromatic nitrogens is 2. The molecule has 0 radical (unpaired) electrons. The van der Waals surface area contributed by atoms with Gasteiger partial charge in [-0.1, -0.05) is 6.07 Å². The first-order valence-electron chi connectivity index (χ1n) is 6.54. The maximum Gasteiger partial charge on any atom is 0.263 e. The van der Waals surface area contributed by atoms with Gasteiger partial charge < -0.3 is 9.47 Å². The van der Waals surface area contributed by atoms with Gasteiger partial charge in [0, 0.05) is 37.9 Å². The monoisotopic (exact) mass is 275 g/mol. The third-order valence-electron chi connectivity index (χ3n) is 3.79. The minimum atomic E-state index is 0.179. The van der Waals surface area contributed by atoms with E-state index in [0.29, 0.717) is 5.92 Å². The summed E-state index contributed by atoms with van der Waals surface area (Å²) in [4.78, 5) is 19.2. The number of hydrogen-bond donors (Lipinski definition) is 0. The van der Waals surface area contributed by atoms with Crippen molar-refractivity contribution in [2.75, 3.05) is 13.1 Å². The average molecular weight is 275 g/mol.